The van der Waals surface area contributed by atoms with Crippen molar-refractivity contribution in [1.29, 1.82) is 0 Å². The van der Waals surface area contributed by atoms with Crippen LogP contribution in [0.25, 0.3) is 0 Å². The van der Waals surface area contributed by atoms with E-state index in [1.807, 2.05) is 36.5 Å². The van der Waals surface area contributed by atoms with Crippen molar-refractivity contribution in [2.75, 3.05) is 0 Å². The van der Waals surface area contributed by atoms with Gasteiger partial charge in [-0.1, -0.05) is 43.7 Å². The van der Waals surface area contributed by atoms with Gasteiger partial charge in [-0.3, -0.25) is 4.98 Å². The van der Waals surface area contributed by atoms with E-state index in [0.29, 0.717) is 6.61 Å². The van der Waals surface area contributed by atoms with E-state index in [2.05, 4.69) is 24.0 Å². The molecular formula is C15H17NO. The van der Waals surface area contributed by atoms with Gasteiger partial charge in [-0.25, -0.2) is 0 Å². The molecule has 1 aromatic carbocycles. The van der Waals surface area contributed by atoms with Crippen LogP contribution in [0.15, 0.2) is 48.7 Å². The van der Waals surface area contributed by atoms with Crippen molar-refractivity contribution in [3.63, 3.8) is 0 Å². The second-order valence-corrected chi connectivity index (χ2v) is 3.97. The molecule has 2 rings (SSSR count). The fourth-order valence-corrected chi connectivity index (χ4v) is 1.71. The Morgan fingerprint density at radius 2 is 1.88 bits per heavy atom. The van der Waals surface area contributed by atoms with Crippen LogP contribution in [0.2, 0.25) is 0 Å². The third-order valence-corrected chi connectivity index (χ3v) is 2.57. The molecule has 1 heterocycles. The third kappa shape index (κ3) is 3.31. The van der Waals surface area contributed by atoms with Crippen molar-refractivity contribution in [3.05, 3.63) is 59.9 Å². The van der Waals surface area contributed by atoms with Crippen LogP contribution in [-0.2, 0) is 13.0 Å². The van der Waals surface area contributed by atoms with Crippen LogP contribution in [0.1, 0.15) is 24.6 Å². The van der Waals surface area contributed by atoms with Gasteiger partial charge in [0.15, 0.2) is 0 Å². The molecule has 0 spiro atoms. The number of nitrogens with zero attached hydrogens (tertiary/aromatic N) is 1. The van der Waals surface area contributed by atoms with Gasteiger partial charge in [0.2, 0.25) is 0 Å². The maximum atomic E-state index is 5.81. The predicted molar refractivity (Wildman–Crippen MR) is 69.0 cm³/mol. The van der Waals surface area contributed by atoms with E-state index >= 15 is 0 Å². The summed E-state index contributed by atoms with van der Waals surface area (Å²) in [5.74, 6) is 0.901. The van der Waals surface area contributed by atoms with Gasteiger partial charge >= 0.3 is 0 Å². The fourth-order valence-electron chi connectivity index (χ4n) is 1.71. The average Bonchev–Trinajstić information content (AvgIpc) is 2.39. The number of aryl methyl sites for hydroxylation is 1. The maximum Gasteiger partial charge on any atom is 0.141 e. The van der Waals surface area contributed by atoms with E-state index < -0.39 is 0 Å². The number of benzene rings is 1. The van der Waals surface area contributed by atoms with Crippen molar-refractivity contribution in [2.24, 2.45) is 0 Å². The summed E-state index contributed by atoms with van der Waals surface area (Å²) in [5.41, 5.74) is 2.23. The van der Waals surface area contributed by atoms with Crippen LogP contribution in [0.5, 0.6) is 5.75 Å². The van der Waals surface area contributed by atoms with E-state index in [0.717, 1.165) is 24.3 Å². The zero-order valence-corrected chi connectivity index (χ0v) is 10.1. The van der Waals surface area contributed by atoms with Crippen molar-refractivity contribution in [1.82, 2.24) is 4.98 Å². The predicted octanol–water partition coefficient (Wildman–Crippen LogP) is 3.61. The molecule has 2 aromatic rings. The number of rotatable bonds is 5. The minimum Gasteiger partial charge on any atom is -0.487 e. The molecule has 2 heteroatoms. The maximum absolute atomic E-state index is 5.81. The zero-order valence-electron chi connectivity index (χ0n) is 10.1. The molecular weight excluding hydrogens is 210 g/mol. The number of hydrogen-bond donors (Lipinski definition) is 0. The Balaban J connectivity index is 2.03. The molecule has 0 aliphatic heterocycles. The molecule has 88 valence electrons. The monoisotopic (exact) mass is 227 g/mol. The molecule has 0 atom stereocenters. The smallest absolute Gasteiger partial charge is 0.141 e. The summed E-state index contributed by atoms with van der Waals surface area (Å²) in [6.07, 6.45) is 3.87. The molecule has 0 fully saturated rings. The van der Waals surface area contributed by atoms with Crippen molar-refractivity contribution in [2.45, 2.75) is 26.4 Å². The van der Waals surface area contributed by atoms with Crippen LogP contribution in [0.3, 0.4) is 0 Å². The Morgan fingerprint density at radius 1 is 1.06 bits per heavy atom. The molecule has 0 unspecified atom stereocenters. The lowest BCUT2D eigenvalue weighted by Gasteiger charge is -2.09. The Kier molecular flexibility index (Phi) is 4.14. The highest BCUT2D eigenvalue weighted by Crippen LogP contribution is 2.18. The average molecular weight is 227 g/mol. The first-order valence-electron chi connectivity index (χ1n) is 6.00. The van der Waals surface area contributed by atoms with Gasteiger partial charge in [0.25, 0.3) is 0 Å². The number of aromatic nitrogens is 1. The van der Waals surface area contributed by atoms with E-state index in [1.54, 1.807) is 0 Å². The van der Waals surface area contributed by atoms with E-state index in [4.69, 9.17) is 4.74 Å². The molecule has 0 aliphatic carbocycles. The van der Waals surface area contributed by atoms with E-state index in [1.165, 1.54) is 5.56 Å². The first kappa shape index (κ1) is 11.6. The normalized spacial score (nSPS) is 10.2. The molecule has 0 bridgehead atoms. The molecule has 0 N–H and O–H groups in total. The molecule has 17 heavy (non-hydrogen) atoms. The van der Waals surface area contributed by atoms with E-state index in [9.17, 15) is 0 Å². The van der Waals surface area contributed by atoms with Crippen LogP contribution in [0.4, 0.5) is 0 Å². The summed E-state index contributed by atoms with van der Waals surface area (Å²) in [6.45, 7) is 2.75. The van der Waals surface area contributed by atoms with Crippen molar-refractivity contribution < 1.29 is 4.74 Å². The Hall–Kier alpha value is -1.83. The van der Waals surface area contributed by atoms with Gasteiger partial charge in [0.05, 0.1) is 5.69 Å². The standard InChI is InChI=1S/C15H17NO/c1-2-7-14-15(10-6-11-16-14)17-12-13-8-4-3-5-9-13/h3-6,8-11H,2,7,12H2,1H3. The SMILES string of the molecule is CCCc1ncccc1OCc1ccccc1. The Bertz CT molecular complexity index is 453. The molecule has 0 radical (unpaired) electrons. The molecule has 1 aromatic heterocycles. The first-order chi connectivity index (χ1) is 8.40. The molecule has 2 nitrogen and oxygen atoms in total. The molecule has 0 aliphatic rings. The van der Waals surface area contributed by atoms with E-state index in [-0.39, 0.29) is 0 Å². The van der Waals surface area contributed by atoms with Crippen LogP contribution >= 0.6 is 0 Å². The van der Waals surface area contributed by atoms with Gasteiger partial charge in [-0.15, -0.1) is 0 Å². The second-order valence-electron chi connectivity index (χ2n) is 3.97. The second kappa shape index (κ2) is 6.04. The topological polar surface area (TPSA) is 22.1 Å². The van der Waals surface area contributed by atoms with Gasteiger partial charge in [-0.2, -0.15) is 0 Å². The van der Waals surface area contributed by atoms with Crippen molar-refractivity contribution in [3.8, 4) is 5.75 Å². The van der Waals surface area contributed by atoms with Crippen LogP contribution in [-0.4, -0.2) is 4.98 Å². The van der Waals surface area contributed by atoms with Crippen molar-refractivity contribution >= 4 is 0 Å². The molecule has 0 saturated carbocycles. The first-order valence-corrected chi connectivity index (χ1v) is 6.00. The largest absolute Gasteiger partial charge is 0.487 e. The number of pyridine rings is 1. The lowest BCUT2D eigenvalue weighted by atomic mass is 10.2. The molecule has 0 saturated heterocycles. The molecule has 0 amide bonds. The summed E-state index contributed by atoms with van der Waals surface area (Å²) in [5, 5.41) is 0. The summed E-state index contributed by atoms with van der Waals surface area (Å²) >= 11 is 0. The number of ether oxygens (including phenoxy) is 1. The Labute approximate surface area is 102 Å². The minimum absolute atomic E-state index is 0.600. The van der Waals surface area contributed by atoms with Gasteiger partial charge in [0, 0.05) is 6.20 Å². The fraction of sp³-hybridized carbons (Fsp3) is 0.267. The minimum atomic E-state index is 0.600. The summed E-state index contributed by atoms with van der Waals surface area (Å²) in [6, 6.07) is 14.1. The Morgan fingerprint density at radius 3 is 2.65 bits per heavy atom. The van der Waals surface area contributed by atoms with Gasteiger partial charge in [-0.05, 0) is 24.1 Å². The summed E-state index contributed by atoms with van der Waals surface area (Å²) in [7, 11) is 0. The quantitative estimate of drug-likeness (QED) is 0.778. The summed E-state index contributed by atoms with van der Waals surface area (Å²) in [4.78, 5) is 4.36. The number of hydrogen-bond acceptors (Lipinski definition) is 2. The lowest BCUT2D eigenvalue weighted by molar-refractivity contribution is 0.301. The zero-order chi connectivity index (χ0) is 11.9. The van der Waals surface area contributed by atoms with Gasteiger partial charge in [0.1, 0.15) is 12.4 Å². The highest BCUT2D eigenvalue weighted by atomic mass is 16.5. The third-order valence-electron chi connectivity index (χ3n) is 2.57. The van der Waals surface area contributed by atoms with Crippen LogP contribution in [0, 0.1) is 0 Å². The van der Waals surface area contributed by atoms with Crippen LogP contribution < -0.4 is 4.74 Å². The highest BCUT2D eigenvalue weighted by molar-refractivity contribution is 5.27. The summed E-state index contributed by atoms with van der Waals surface area (Å²) < 4.78 is 5.81. The lowest BCUT2D eigenvalue weighted by Crippen LogP contribution is -2.00. The highest BCUT2D eigenvalue weighted by Gasteiger charge is 2.03. The van der Waals surface area contributed by atoms with Gasteiger partial charge < -0.3 is 4.74 Å².